The molecule has 0 saturated heterocycles. The van der Waals surface area contributed by atoms with Crippen molar-refractivity contribution < 1.29 is 10.0 Å². The highest BCUT2D eigenvalue weighted by atomic mass is 16.4. The minimum Gasteiger partial charge on any atom is -0.409 e. The fourth-order valence-corrected chi connectivity index (χ4v) is 1.72. The first kappa shape index (κ1) is 15.0. The first-order valence-corrected chi connectivity index (χ1v) is 6.12. The van der Waals surface area contributed by atoms with Crippen molar-refractivity contribution in [2.45, 2.75) is 12.3 Å². The van der Waals surface area contributed by atoms with Crippen LogP contribution in [-0.4, -0.2) is 37.1 Å². The van der Waals surface area contributed by atoms with E-state index < -0.39 is 0 Å². The summed E-state index contributed by atoms with van der Waals surface area (Å²) in [6, 6.07) is 9.55. The summed E-state index contributed by atoms with van der Waals surface area (Å²) in [7, 11) is 1.60. The maximum atomic E-state index is 11.1. The van der Waals surface area contributed by atoms with E-state index in [0.717, 1.165) is 5.56 Å². The standard InChI is InChI=1S/C13H20N4O2/c1-15-12(18)7-8-16-9-11(13(14)17-19)10-5-3-2-4-6-10/h2-6,11,16,19H,7-9H2,1H3,(H2,14,17)(H,15,18). The van der Waals surface area contributed by atoms with Crippen LogP contribution in [-0.2, 0) is 4.79 Å². The van der Waals surface area contributed by atoms with Crippen LogP contribution in [0, 0.1) is 0 Å². The summed E-state index contributed by atoms with van der Waals surface area (Å²) in [6.07, 6.45) is 0.397. The van der Waals surface area contributed by atoms with E-state index in [-0.39, 0.29) is 17.7 Å². The van der Waals surface area contributed by atoms with Gasteiger partial charge in [-0.1, -0.05) is 35.5 Å². The lowest BCUT2D eigenvalue weighted by Gasteiger charge is -2.16. The fraction of sp³-hybridized carbons (Fsp3) is 0.385. The highest BCUT2D eigenvalue weighted by Gasteiger charge is 2.15. The van der Waals surface area contributed by atoms with Crippen LogP contribution in [0.2, 0.25) is 0 Å². The molecule has 0 bridgehead atoms. The molecule has 5 N–H and O–H groups in total. The second-order valence-corrected chi connectivity index (χ2v) is 4.12. The SMILES string of the molecule is CNC(=O)CCNCC(C(N)=NO)c1ccccc1. The zero-order chi connectivity index (χ0) is 14.1. The molecular weight excluding hydrogens is 244 g/mol. The molecule has 1 aromatic carbocycles. The Morgan fingerprint density at radius 1 is 1.42 bits per heavy atom. The summed E-state index contributed by atoms with van der Waals surface area (Å²) >= 11 is 0. The highest BCUT2D eigenvalue weighted by molar-refractivity contribution is 5.87. The molecule has 0 saturated carbocycles. The summed E-state index contributed by atoms with van der Waals surface area (Å²) in [4.78, 5) is 11.1. The van der Waals surface area contributed by atoms with Crippen LogP contribution in [0.1, 0.15) is 17.9 Å². The number of amidine groups is 1. The predicted octanol–water partition coefficient (Wildman–Crippen LogP) is 0.242. The first-order chi connectivity index (χ1) is 9.19. The van der Waals surface area contributed by atoms with Crippen molar-refractivity contribution in [2.75, 3.05) is 20.1 Å². The van der Waals surface area contributed by atoms with Gasteiger partial charge in [0.1, 0.15) is 5.84 Å². The van der Waals surface area contributed by atoms with Crippen LogP contribution in [0.3, 0.4) is 0 Å². The summed E-state index contributed by atoms with van der Waals surface area (Å²) in [5.74, 6) is -0.0814. The van der Waals surface area contributed by atoms with Crippen LogP contribution < -0.4 is 16.4 Å². The van der Waals surface area contributed by atoms with Crippen molar-refractivity contribution in [1.29, 1.82) is 0 Å². The van der Waals surface area contributed by atoms with Gasteiger partial charge in [0, 0.05) is 26.6 Å². The number of carbonyl (C=O) groups excluding carboxylic acids is 1. The normalized spacial score (nSPS) is 13.0. The van der Waals surface area contributed by atoms with E-state index in [9.17, 15) is 4.79 Å². The van der Waals surface area contributed by atoms with Crippen LogP contribution in [0.4, 0.5) is 0 Å². The number of nitrogens with zero attached hydrogens (tertiary/aromatic N) is 1. The van der Waals surface area contributed by atoms with Crippen LogP contribution in [0.5, 0.6) is 0 Å². The Hall–Kier alpha value is -2.08. The number of nitrogens with two attached hydrogens (primary N) is 1. The van der Waals surface area contributed by atoms with Crippen molar-refractivity contribution in [3.05, 3.63) is 35.9 Å². The molecule has 6 nitrogen and oxygen atoms in total. The molecule has 0 heterocycles. The van der Waals surface area contributed by atoms with Crippen LogP contribution in [0.25, 0.3) is 0 Å². The molecule has 19 heavy (non-hydrogen) atoms. The average Bonchev–Trinajstić information content (AvgIpc) is 2.47. The number of hydrogen-bond donors (Lipinski definition) is 4. The van der Waals surface area contributed by atoms with E-state index in [1.165, 1.54) is 0 Å². The van der Waals surface area contributed by atoms with E-state index >= 15 is 0 Å². The first-order valence-electron chi connectivity index (χ1n) is 6.12. The Bertz CT molecular complexity index is 420. The molecule has 1 atom stereocenters. The van der Waals surface area contributed by atoms with Crippen LogP contribution in [0.15, 0.2) is 35.5 Å². The summed E-state index contributed by atoms with van der Waals surface area (Å²) in [5, 5.41) is 17.6. The summed E-state index contributed by atoms with van der Waals surface area (Å²) in [6.45, 7) is 1.05. The molecule has 1 rings (SSSR count). The van der Waals surface area contributed by atoms with Gasteiger partial charge in [0.15, 0.2) is 0 Å². The van der Waals surface area contributed by atoms with Gasteiger partial charge in [-0.3, -0.25) is 4.79 Å². The second kappa shape index (κ2) is 8.10. The van der Waals surface area contributed by atoms with Crippen molar-refractivity contribution in [2.24, 2.45) is 10.9 Å². The average molecular weight is 264 g/mol. The minimum absolute atomic E-state index is 0.0208. The van der Waals surface area contributed by atoms with Gasteiger partial charge in [-0.2, -0.15) is 0 Å². The molecule has 0 aliphatic carbocycles. The topological polar surface area (TPSA) is 99.7 Å². The van der Waals surface area contributed by atoms with Gasteiger partial charge in [-0.15, -0.1) is 0 Å². The number of amides is 1. The van der Waals surface area contributed by atoms with E-state index in [1.54, 1.807) is 7.05 Å². The van der Waals surface area contributed by atoms with Gasteiger partial charge in [0.05, 0.1) is 5.92 Å². The van der Waals surface area contributed by atoms with E-state index in [4.69, 9.17) is 10.9 Å². The van der Waals surface area contributed by atoms with Crippen molar-refractivity contribution in [3.8, 4) is 0 Å². The van der Waals surface area contributed by atoms with Gasteiger partial charge in [-0.05, 0) is 5.56 Å². The molecule has 1 amide bonds. The number of nitrogens with one attached hydrogen (secondary N) is 2. The van der Waals surface area contributed by atoms with Gasteiger partial charge in [-0.25, -0.2) is 0 Å². The van der Waals surface area contributed by atoms with E-state index in [2.05, 4.69) is 15.8 Å². The van der Waals surface area contributed by atoms with Crippen molar-refractivity contribution in [1.82, 2.24) is 10.6 Å². The third-order valence-corrected chi connectivity index (χ3v) is 2.83. The third kappa shape index (κ3) is 4.97. The number of hydrogen-bond acceptors (Lipinski definition) is 4. The maximum Gasteiger partial charge on any atom is 0.221 e. The Morgan fingerprint density at radius 3 is 2.68 bits per heavy atom. The zero-order valence-corrected chi connectivity index (χ0v) is 11.0. The largest absolute Gasteiger partial charge is 0.409 e. The van der Waals surface area contributed by atoms with E-state index in [0.29, 0.717) is 19.5 Å². The molecule has 0 aromatic heterocycles. The van der Waals surface area contributed by atoms with Crippen molar-refractivity contribution in [3.63, 3.8) is 0 Å². The summed E-state index contributed by atoms with van der Waals surface area (Å²) < 4.78 is 0. The lowest BCUT2D eigenvalue weighted by Crippen LogP contribution is -2.33. The van der Waals surface area contributed by atoms with Crippen molar-refractivity contribution >= 4 is 11.7 Å². The molecule has 1 unspecified atom stereocenters. The van der Waals surface area contributed by atoms with Gasteiger partial charge >= 0.3 is 0 Å². The fourth-order valence-electron chi connectivity index (χ4n) is 1.72. The van der Waals surface area contributed by atoms with Gasteiger partial charge < -0.3 is 21.6 Å². The quantitative estimate of drug-likeness (QED) is 0.186. The van der Waals surface area contributed by atoms with E-state index in [1.807, 2.05) is 30.3 Å². The highest BCUT2D eigenvalue weighted by Crippen LogP contribution is 2.14. The summed E-state index contributed by atoms with van der Waals surface area (Å²) in [5.41, 5.74) is 6.66. The minimum atomic E-state index is -0.212. The Balaban J connectivity index is 2.55. The number of rotatable bonds is 7. The Morgan fingerprint density at radius 2 is 2.11 bits per heavy atom. The van der Waals surface area contributed by atoms with Crippen LogP contribution >= 0.6 is 0 Å². The molecule has 0 aliphatic rings. The molecule has 104 valence electrons. The molecule has 6 heteroatoms. The zero-order valence-electron chi connectivity index (χ0n) is 11.0. The molecule has 0 radical (unpaired) electrons. The molecule has 0 aliphatic heterocycles. The Labute approximate surface area is 112 Å². The van der Waals surface area contributed by atoms with Gasteiger partial charge in [0.2, 0.25) is 5.91 Å². The second-order valence-electron chi connectivity index (χ2n) is 4.12. The number of carbonyl (C=O) groups is 1. The van der Waals surface area contributed by atoms with Gasteiger partial charge in [0.25, 0.3) is 0 Å². The smallest absolute Gasteiger partial charge is 0.221 e. The Kier molecular flexibility index (Phi) is 6.38. The lowest BCUT2D eigenvalue weighted by atomic mass is 9.98. The molecule has 0 spiro atoms. The molecule has 0 fully saturated rings. The molecule has 1 aromatic rings. The predicted molar refractivity (Wildman–Crippen MR) is 74.1 cm³/mol. The number of oxime groups is 1. The number of benzene rings is 1. The lowest BCUT2D eigenvalue weighted by molar-refractivity contribution is -0.120. The maximum absolute atomic E-state index is 11.1. The molecular formula is C13H20N4O2. The monoisotopic (exact) mass is 264 g/mol. The third-order valence-electron chi connectivity index (χ3n) is 2.83.